The zero-order valence-corrected chi connectivity index (χ0v) is 59.8. The number of unbranched alkanes of at least 4 members (excludes halogenated alkanes) is 25. The van der Waals surface area contributed by atoms with Gasteiger partial charge in [0.1, 0.15) is 122 Å². The molecule has 0 aliphatic carbocycles. The summed E-state index contributed by atoms with van der Waals surface area (Å²) in [5, 5.41) is 175. The molecule has 590 valence electrons. The molecule has 5 saturated heterocycles. The average Bonchev–Trinajstić information content (AvgIpc) is 0.771. The Kier molecular flexibility index (Phi) is 42.6. The van der Waals surface area contributed by atoms with Crippen LogP contribution in [0.2, 0.25) is 0 Å². The van der Waals surface area contributed by atoms with Crippen molar-refractivity contribution < 1.29 is 138 Å². The number of amides is 3. The van der Waals surface area contributed by atoms with Crippen LogP contribution in [0.4, 0.5) is 0 Å². The second kappa shape index (κ2) is 48.5. The first-order chi connectivity index (χ1) is 48.6. The van der Waals surface area contributed by atoms with E-state index in [0.717, 1.165) is 65.2 Å². The lowest BCUT2D eigenvalue weighted by Gasteiger charge is -2.50. The summed E-state index contributed by atoms with van der Waals surface area (Å²) in [5.74, 6) is -1.89. The van der Waals surface area contributed by atoms with Crippen LogP contribution < -0.4 is 16.0 Å². The molecule has 0 aromatic heterocycles. The van der Waals surface area contributed by atoms with E-state index in [2.05, 4.69) is 29.8 Å². The van der Waals surface area contributed by atoms with E-state index < -0.39 is 217 Å². The number of rotatable bonds is 49. The molecule has 0 radical (unpaired) electrons. The number of carbonyl (C=O) groups is 3. The Morgan fingerprint density at radius 3 is 1.19 bits per heavy atom. The molecule has 31 heteroatoms. The molecule has 18 N–H and O–H groups in total. The van der Waals surface area contributed by atoms with Crippen LogP contribution in [0.25, 0.3) is 0 Å². The zero-order valence-electron chi connectivity index (χ0n) is 59.8. The zero-order chi connectivity index (χ0) is 74.0. The van der Waals surface area contributed by atoms with Crippen LogP contribution >= 0.6 is 0 Å². The van der Waals surface area contributed by atoms with Crippen molar-refractivity contribution in [3.63, 3.8) is 0 Å². The van der Waals surface area contributed by atoms with Gasteiger partial charge in [0, 0.05) is 20.3 Å². The van der Waals surface area contributed by atoms with Gasteiger partial charge in [-0.05, 0) is 19.3 Å². The highest BCUT2D eigenvalue weighted by atomic mass is 16.8. The normalized spacial score (nSPS) is 35.3. The van der Waals surface area contributed by atoms with Crippen molar-refractivity contribution >= 4 is 17.7 Å². The Hall–Kier alpha value is -2.85. The third-order valence-electron chi connectivity index (χ3n) is 19.6. The molecule has 0 aromatic rings. The predicted octanol–water partition coefficient (Wildman–Crippen LogP) is -0.248. The minimum absolute atomic E-state index is 0.188. The minimum atomic E-state index is -2.24. The molecular weight excluding hydrogens is 1330 g/mol. The molecular formula is C70H127N3O28. The number of carbonyl (C=O) groups excluding carboxylic acids is 3. The Balaban J connectivity index is 1.24. The summed E-state index contributed by atoms with van der Waals surface area (Å²) in [6.45, 7) is 1.34. The molecule has 10 unspecified atom stereocenters. The maximum atomic E-state index is 13.5. The van der Waals surface area contributed by atoms with E-state index in [9.17, 15) is 91.0 Å². The standard InChI is InChI=1S/C70H127N3O28/c1-5-7-9-11-13-15-17-19-20-22-24-26-28-30-32-34-50(82)73-43(44(81)33-31-29-27-25-23-21-18-16-14-12-10-8-6-2)40-92-68-59(89)58(88)62(49(39-78)97-68)98-69-61(91)65(56(86)48(38-77)95-69)101-70-60(90)64(55(85)47(37-76)96-70)100-67-52(72-42(4)80)63(54(84)46(36-75)94-67)99-66-51(71-41(3)79)57(87)53(83)45(35-74)93-66/h31,33,43-49,51-70,74-78,81,83-91H,5-30,32,34-40H2,1-4H3,(H,71,79)(H,72,80)(H,73,82)/b33-31+/t43-,44+,45?,46?,47?,48?,49?,51?,52?,53-,54-,55-,56-,57+,58+,59?,60?,61?,62+,63+,64-,65-,66+,67-,68+,69-,70+/m0/s1. The third kappa shape index (κ3) is 28.3. The highest BCUT2D eigenvalue weighted by Crippen LogP contribution is 2.37. The average molecular weight is 1460 g/mol. The second-order valence-electron chi connectivity index (χ2n) is 27.8. The van der Waals surface area contributed by atoms with Crippen LogP contribution in [-0.4, -0.2) is 300 Å². The van der Waals surface area contributed by atoms with Crippen molar-refractivity contribution in [1.82, 2.24) is 16.0 Å². The van der Waals surface area contributed by atoms with Gasteiger partial charge < -0.3 is 140 Å². The van der Waals surface area contributed by atoms with Crippen molar-refractivity contribution in [2.45, 2.75) is 373 Å². The highest BCUT2D eigenvalue weighted by molar-refractivity contribution is 5.76. The summed E-state index contributed by atoms with van der Waals surface area (Å²) in [5.41, 5.74) is 0. The number of ether oxygens (including phenoxy) is 10. The summed E-state index contributed by atoms with van der Waals surface area (Å²) in [6.07, 6.45) is -9.90. The van der Waals surface area contributed by atoms with Gasteiger partial charge in [-0.3, -0.25) is 14.4 Å². The van der Waals surface area contributed by atoms with Crippen LogP contribution in [0.3, 0.4) is 0 Å². The monoisotopic (exact) mass is 1460 g/mol. The minimum Gasteiger partial charge on any atom is -0.394 e. The van der Waals surface area contributed by atoms with Crippen molar-refractivity contribution in [3.05, 3.63) is 12.2 Å². The lowest BCUT2D eigenvalue weighted by atomic mass is 9.93. The molecule has 3 amide bonds. The number of allylic oxidation sites excluding steroid dienone is 1. The molecule has 0 saturated carbocycles. The van der Waals surface area contributed by atoms with Gasteiger partial charge in [0.25, 0.3) is 0 Å². The van der Waals surface area contributed by atoms with Gasteiger partial charge >= 0.3 is 0 Å². The number of aliphatic hydroxyl groups is 15. The van der Waals surface area contributed by atoms with Gasteiger partial charge in [-0.2, -0.15) is 0 Å². The number of nitrogens with one attached hydrogen (secondary N) is 3. The van der Waals surface area contributed by atoms with Gasteiger partial charge in [-0.25, -0.2) is 0 Å². The lowest BCUT2D eigenvalue weighted by molar-refractivity contribution is -0.389. The molecule has 5 aliphatic rings. The van der Waals surface area contributed by atoms with Crippen molar-refractivity contribution in [3.8, 4) is 0 Å². The quantitative estimate of drug-likeness (QED) is 0.0276. The van der Waals surface area contributed by atoms with Crippen molar-refractivity contribution in [2.24, 2.45) is 0 Å². The summed E-state index contributed by atoms with van der Waals surface area (Å²) < 4.78 is 59.1. The smallest absolute Gasteiger partial charge is 0.220 e. The predicted molar refractivity (Wildman–Crippen MR) is 361 cm³/mol. The fourth-order valence-electron chi connectivity index (χ4n) is 13.6. The SMILES string of the molecule is CCCCCCCCCCCCC/C=C/[C@@H](O)[C@H](CO[C@@H]1OC(CO)[C@@H](O[C@@H]2OC(CO)[C@H](O)[C@H](O[C@H]3OC(CO)[C@H](O)[C@H](O[C@@H]4OC(CO)[C@H](O)[C@H](O[C@H]5OC(CO)[C@H](O)[C@H](O)C5NC(C)=O)C4NC(C)=O)C3O)C2O)[C@H](O)C1O)NC(=O)CCCCCCCCCCCCCCCCC. The lowest BCUT2D eigenvalue weighted by Crippen LogP contribution is -2.71. The van der Waals surface area contributed by atoms with Gasteiger partial charge in [0.05, 0.1) is 51.8 Å². The summed E-state index contributed by atoms with van der Waals surface area (Å²) >= 11 is 0. The Labute approximate surface area is 594 Å². The van der Waals surface area contributed by atoms with E-state index in [1.165, 1.54) is 109 Å². The van der Waals surface area contributed by atoms with Gasteiger partial charge in [0.15, 0.2) is 31.5 Å². The molecule has 0 bridgehead atoms. The van der Waals surface area contributed by atoms with E-state index in [1.54, 1.807) is 6.08 Å². The molecule has 0 spiro atoms. The Morgan fingerprint density at radius 2 is 0.743 bits per heavy atom. The van der Waals surface area contributed by atoms with Crippen LogP contribution in [-0.2, 0) is 61.8 Å². The van der Waals surface area contributed by atoms with Crippen molar-refractivity contribution in [1.29, 1.82) is 0 Å². The van der Waals surface area contributed by atoms with Crippen LogP contribution in [0, 0.1) is 0 Å². The van der Waals surface area contributed by atoms with Crippen molar-refractivity contribution in [2.75, 3.05) is 39.6 Å². The molecule has 5 aliphatic heterocycles. The van der Waals surface area contributed by atoms with E-state index in [0.29, 0.717) is 12.8 Å². The maximum Gasteiger partial charge on any atom is 0.220 e. The summed E-state index contributed by atoms with van der Waals surface area (Å²) in [4.78, 5) is 38.6. The Morgan fingerprint density at radius 1 is 0.386 bits per heavy atom. The first-order valence-corrected chi connectivity index (χ1v) is 37.5. The van der Waals surface area contributed by atoms with E-state index >= 15 is 0 Å². The molecule has 5 fully saturated rings. The molecule has 101 heavy (non-hydrogen) atoms. The summed E-state index contributed by atoms with van der Waals surface area (Å²) in [7, 11) is 0. The van der Waals surface area contributed by atoms with Crippen LogP contribution in [0.5, 0.6) is 0 Å². The second-order valence-corrected chi connectivity index (χ2v) is 27.8. The highest BCUT2D eigenvalue weighted by Gasteiger charge is 2.57. The summed E-state index contributed by atoms with van der Waals surface area (Å²) in [6, 6.07) is -4.36. The molecule has 31 nitrogen and oxygen atoms in total. The fourth-order valence-corrected chi connectivity index (χ4v) is 13.6. The fraction of sp³-hybridized carbons (Fsp3) is 0.929. The molecule has 5 rings (SSSR count). The maximum absolute atomic E-state index is 13.5. The molecule has 5 heterocycles. The van der Waals surface area contributed by atoms with E-state index in [4.69, 9.17) is 47.4 Å². The largest absolute Gasteiger partial charge is 0.394 e. The van der Waals surface area contributed by atoms with Gasteiger partial charge in [-0.1, -0.05) is 180 Å². The number of aliphatic hydroxyl groups excluding tert-OH is 15. The molecule has 0 aromatic carbocycles. The third-order valence-corrected chi connectivity index (χ3v) is 19.6. The topological polar surface area (TPSA) is 483 Å². The van der Waals surface area contributed by atoms with Crippen LogP contribution in [0.15, 0.2) is 12.2 Å². The van der Waals surface area contributed by atoms with E-state index in [-0.39, 0.29) is 12.3 Å². The first kappa shape index (κ1) is 88.8. The molecule has 27 atom stereocenters. The number of hydrogen-bond acceptors (Lipinski definition) is 28. The van der Waals surface area contributed by atoms with E-state index in [1.807, 2.05) is 6.08 Å². The first-order valence-electron chi connectivity index (χ1n) is 37.5. The number of hydrogen-bond donors (Lipinski definition) is 18. The Bertz CT molecular complexity index is 2270. The van der Waals surface area contributed by atoms with Gasteiger partial charge in [-0.15, -0.1) is 0 Å². The van der Waals surface area contributed by atoms with Crippen LogP contribution in [0.1, 0.15) is 207 Å². The van der Waals surface area contributed by atoms with Gasteiger partial charge in [0.2, 0.25) is 17.7 Å².